The van der Waals surface area contributed by atoms with Gasteiger partial charge in [0, 0.05) is 41.8 Å². The molecule has 2 amide bonds. The first-order valence-electron chi connectivity index (χ1n) is 16.0. The highest BCUT2D eigenvalue weighted by Gasteiger charge is 2.38. The van der Waals surface area contributed by atoms with Gasteiger partial charge in [-0.3, -0.25) is 10.6 Å². The maximum atomic E-state index is 12.9. The predicted molar refractivity (Wildman–Crippen MR) is 194 cm³/mol. The maximum absolute atomic E-state index is 12.9. The van der Waals surface area contributed by atoms with Gasteiger partial charge in [-0.05, 0) is 36.8 Å². The highest BCUT2D eigenvalue weighted by molar-refractivity contribution is 5.89. The minimum Gasteiger partial charge on any atom is -0.462 e. The summed E-state index contributed by atoms with van der Waals surface area (Å²) in [6.07, 6.45) is 1.99. The Balaban J connectivity index is 3.11. The number of carbonyl (C=O) groups is 7. The van der Waals surface area contributed by atoms with Gasteiger partial charge >= 0.3 is 42.0 Å². The second-order valence-corrected chi connectivity index (χ2v) is 11.4. The van der Waals surface area contributed by atoms with Crippen molar-refractivity contribution in [1.29, 1.82) is 0 Å². The van der Waals surface area contributed by atoms with E-state index in [1.807, 2.05) is 0 Å². The Labute approximate surface area is 317 Å². The molecule has 55 heavy (non-hydrogen) atoms. The van der Waals surface area contributed by atoms with Crippen molar-refractivity contribution in [1.82, 2.24) is 0 Å². The Morgan fingerprint density at radius 3 is 1.27 bits per heavy atom. The maximum Gasteiger partial charge on any atom is 0.411 e. The molecule has 1 unspecified atom stereocenters. The van der Waals surface area contributed by atoms with Gasteiger partial charge in [0.2, 0.25) is 0 Å². The number of ether oxygens (including phenoxy) is 8. The third-order valence-corrected chi connectivity index (χ3v) is 6.93. The van der Waals surface area contributed by atoms with E-state index < -0.39 is 112 Å². The number of benzene rings is 1. The molecule has 0 aliphatic heterocycles. The van der Waals surface area contributed by atoms with Crippen LogP contribution in [-0.4, -0.2) is 106 Å². The monoisotopic (exact) mass is 772 g/mol. The number of aliphatic hydroxyl groups is 1. The summed E-state index contributed by atoms with van der Waals surface area (Å²) in [6, 6.07) is 4.29. The molecule has 0 spiro atoms. The van der Waals surface area contributed by atoms with Crippen LogP contribution in [0, 0.1) is 17.8 Å². The molecule has 0 aliphatic carbocycles. The van der Waals surface area contributed by atoms with Gasteiger partial charge in [-0.15, -0.1) is 0 Å². The number of amides is 2. The molecule has 298 valence electrons. The Kier molecular flexibility index (Phi) is 20.2. The average molecular weight is 773 g/mol. The fraction of sp³-hybridized carbons (Fsp3) is 0.324. The molecule has 0 aliphatic rings. The van der Waals surface area contributed by atoms with Crippen molar-refractivity contribution < 1.29 is 76.6 Å². The van der Waals surface area contributed by atoms with E-state index >= 15 is 0 Å². The van der Waals surface area contributed by atoms with Crippen LogP contribution < -0.4 is 10.6 Å². The molecule has 1 rings (SSSR count). The van der Waals surface area contributed by atoms with Crippen LogP contribution in [0.15, 0.2) is 94.1 Å². The lowest BCUT2D eigenvalue weighted by molar-refractivity contribution is -0.164. The molecule has 0 bridgehead atoms. The molecule has 3 N–H and O–H groups in total. The van der Waals surface area contributed by atoms with Gasteiger partial charge in [0.05, 0.1) is 12.0 Å². The zero-order valence-corrected chi connectivity index (χ0v) is 30.2. The predicted octanol–water partition coefficient (Wildman–Crippen LogP) is 3.23. The molecular weight excluding hydrogens is 728 g/mol. The molecule has 0 heterocycles. The molecule has 18 heteroatoms. The topological polar surface area (TPSA) is 238 Å². The number of anilines is 2. The molecule has 1 atom stereocenters. The molecule has 1 aromatic rings. The van der Waals surface area contributed by atoms with Crippen LogP contribution in [-0.2, 0) is 61.9 Å². The van der Waals surface area contributed by atoms with E-state index in [4.69, 9.17) is 37.9 Å². The lowest BCUT2D eigenvalue weighted by Gasteiger charge is -2.32. The summed E-state index contributed by atoms with van der Waals surface area (Å²) in [5.74, 6) is -4.24. The highest BCUT2D eigenvalue weighted by atomic mass is 16.6. The number of aliphatic hydroxyl groups excluding tert-OH is 1. The first-order valence-corrected chi connectivity index (χ1v) is 16.0. The van der Waals surface area contributed by atoms with Crippen LogP contribution in [0.5, 0.6) is 0 Å². The van der Waals surface area contributed by atoms with E-state index in [-0.39, 0.29) is 11.4 Å². The second-order valence-electron chi connectivity index (χ2n) is 11.4. The summed E-state index contributed by atoms with van der Waals surface area (Å²) < 4.78 is 41.6. The minimum atomic E-state index is -1.56. The van der Waals surface area contributed by atoms with Gasteiger partial charge in [-0.1, -0.05) is 39.5 Å². The van der Waals surface area contributed by atoms with Crippen molar-refractivity contribution in [2.45, 2.75) is 13.2 Å². The van der Waals surface area contributed by atoms with Crippen LogP contribution in [0.1, 0.15) is 5.56 Å². The molecule has 0 radical (unpaired) electrons. The molecule has 0 fully saturated rings. The van der Waals surface area contributed by atoms with Gasteiger partial charge in [-0.2, -0.15) is 0 Å². The third-order valence-electron chi connectivity index (χ3n) is 6.93. The van der Waals surface area contributed by atoms with Crippen LogP contribution in [0.25, 0.3) is 0 Å². The van der Waals surface area contributed by atoms with Gasteiger partial charge in [0.15, 0.2) is 6.29 Å². The van der Waals surface area contributed by atoms with Gasteiger partial charge < -0.3 is 43.0 Å². The number of hydrogen-bond donors (Lipinski definition) is 3. The second kappa shape index (κ2) is 23.9. The number of carbonyl (C=O) groups excluding carboxylic acids is 7. The van der Waals surface area contributed by atoms with E-state index in [1.165, 1.54) is 18.2 Å². The molecule has 0 saturated carbocycles. The summed E-state index contributed by atoms with van der Waals surface area (Å²) in [4.78, 5) is 84.8. The van der Waals surface area contributed by atoms with Crippen LogP contribution in [0.3, 0.4) is 0 Å². The van der Waals surface area contributed by atoms with Crippen molar-refractivity contribution in [3.63, 3.8) is 0 Å². The Bertz CT molecular complexity index is 1530. The van der Waals surface area contributed by atoms with Gasteiger partial charge in [0.1, 0.15) is 51.7 Å². The van der Waals surface area contributed by atoms with Gasteiger partial charge in [0.25, 0.3) is 0 Å². The van der Waals surface area contributed by atoms with Crippen LogP contribution in [0.4, 0.5) is 21.0 Å². The normalized spacial score (nSPS) is 11.2. The average Bonchev–Trinajstić information content (AvgIpc) is 3.19. The van der Waals surface area contributed by atoms with Crippen molar-refractivity contribution in [2.75, 3.05) is 63.5 Å². The summed E-state index contributed by atoms with van der Waals surface area (Å²) in [5, 5.41) is 14.8. The lowest BCUT2D eigenvalue weighted by atomic mass is 9.92. The van der Waals surface area contributed by atoms with Crippen LogP contribution >= 0.6 is 0 Å². The number of nitrogens with one attached hydrogen (secondary N) is 2. The largest absolute Gasteiger partial charge is 0.462 e. The molecule has 18 nitrogen and oxygen atoms in total. The van der Waals surface area contributed by atoms with Crippen LogP contribution in [0.2, 0.25) is 0 Å². The summed E-state index contributed by atoms with van der Waals surface area (Å²) in [5.41, 5.74) is -2.21. The molecule has 0 saturated heterocycles. The molecular formula is C37H44N2O16. The number of esters is 5. The first-order chi connectivity index (χ1) is 26.1. The standard InChI is InChI=1S/C37H44N2O16/c1-8-28(40)48-17-36(18-49-29(41)9-2,19-50-30(42)10-3)23-54-34(46)38-26-14-15-27(25(7)16-26)39-35(47)55-24-37(20-51-31(43)11-4,21-52-32(44)12-5)22-53-33(45)13-6/h8-16,28,40H,1-6,17-24H2,7H3,(H,38,46)(H,39,47). The Hall–Kier alpha value is -6.53. The van der Waals surface area contributed by atoms with E-state index in [2.05, 4.69) is 50.1 Å². The summed E-state index contributed by atoms with van der Waals surface area (Å²) >= 11 is 0. The molecule has 1 aromatic carbocycles. The van der Waals surface area contributed by atoms with E-state index in [0.29, 0.717) is 5.56 Å². The highest BCUT2D eigenvalue weighted by Crippen LogP contribution is 2.25. The first kappa shape index (κ1) is 46.5. The van der Waals surface area contributed by atoms with E-state index in [9.17, 15) is 38.7 Å². The zero-order chi connectivity index (χ0) is 41.4. The van der Waals surface area contributed by atoms with Crippen molar-refractivity contribution in [3.05, 3.63) is 99.7 Å². The van der Waals surface area contributed by atoms with E-state index in [1.54, 1.807) is 6.92 Å². The minimum absolute atomic E-state index is 0.206. The Morgan fingerprint density at radius 2 is 0.927 bits per heavy atom. The fourth-order valence-electron chi connectivity index (χ4n) is 3.86. The SMILES string of the molecule is C=CC(=O)OCC(COC(=O)C=C)(COC(=O)C=C)COC(=O)Nc1ccc(NC(=O)OCC(COC(=O)C=C)(COC(=O)C=C)COC(O)C=C)cc1C. The van der Waals surface area contributed by atoms with Crippen molar-refractivity contribution in [3.8, 4) is 0 Å². The summed E-state index contributed by atoms with van der Waals surface area (Å²) in [6.45, 7) is 17.4. The summed E-state index contributed by atoms with van der Waals surface area (Å²) in [7, 11) is 0. The third kappa shape index (κ3) is 17.7. The van der Waals surface area contributed by atoms with Crippen molar-refractivity contribution in [2.24, 2.45) is 10.8 Å². The van der Waals surface area contributed by atoms with Gasteiger partial charge in [-0.25, -0.2) is 33.6 Å². The molecule has 0 aromatic heterocycles. The van der Waals surface area contributed by atoms with E-state index in [0.717, 1.165) is 36.5 Å². The fourth-order valence-corrected chi connectivity index (χ4v) is 3.86. The number of rotatable bonds is 25. The zero-order valence-electron chi connectivity index (χ0n) is 30.2. The lowest BCUT2D eigenvalue weighted by Crippen LogP contribution is -2.44. The quantitative estimate of drug-likeness (QED) is 0.0425. The number of hydrogen-bond acceptors (Lipinski definition) is 16. The smallest absolute Gasteiger partial charge is 0.411 e. The van der Waals surface area contributed by atoms with Crippen molar-refractivity contribution >= 4 is 53.4 Å². The Morgan fingerprint density at radius 1 is 0.582 bits per heavy atom. The number of aryl methyl sites for hydroxylation is 1.